The number of aliphatic hydroxyl groups is 1. The van der Waals surface area contributed by atoms with Crippen molar-refractivity contribution in [2.45, 2.75) is 25.4 Å². The Hall–Kier alpha value is -1.04. The summed E-state index contributed by atoms with van der Waals surface area (Å²) in [5.41, 5.74) is 7.16. The number of hydrogen-bond acceptors (Lipinski definition) is 3. The molecule has 0 amide bonds. The summed E-state index contributed by atoms with van der Waals surface area (Å²) in [6.07, 6.45) is 2.04. The van der Waals surface area contributed by atoms with Gasteiger partial charge in [-0.05, 0) is 43.1 Å². The van der Waals surface area contributed by atoms with E-state index in [4.69, 9.17) is 18.0 Å². The Morgan fingerprint density at radius 1 is 1.56 bits per heavy atom. The van der Waals surface area contributed by atoms with Crippen molar-refractivity contribution in [2.75, 3.05) is 13.2 Å². The number of nitrogens with two attached hydrogens (primary N) is 1. The highest BCUT2D eigenvalue weighted by atomic mass is 32.1. The van der Waals surface area contributed by atoms with Gasteiger partial charge in [0.15, 0.2) is 0 Å². The Morgan fingerprint density at radius 2 is 2.33 bits per heavy atom. The standard InChI is InChI=1S/C13H17FN2OS/c14-10-3-4-12(13(15)18)9(6-10)7-16-5-1-2-11(16)8-17/h3-4,6,11,17H,1-2,5,7-8H2,(H2,15,18). The molecule has 1 fully saturated rings. The van der Waals surface area contributed by atoms with E-state index in [1.165, 1.54) is 12.1 Å². The van der Waals surface area contributed by atoms with Gasteiger partial charge in [-0.1, -0.05) is 12.2 Å². The quantitative estimate of drug-likeness (QED) is 0.811. The summed E-state index contributed by atoms with van der Waals surface area (Å²) < 4.78 is 13.3. The maximum atomic E-state index is 13.3. The molecule has 1 aromatic rings. The zero-order valence-electron chi connectivity index (χ0n) is 10.1. The molecule has 1 heterocycles. The van der Waals surface area contributed by atoms with Gasteiger partial charge < -0.3 is 10.8 Å². The molecule has 98 valence electrons. The number of likely N-dealkylation sites (tertiary alicyclic amines) is 1. The third-order valence-corrected chi connectivity index (χ3v) is 3.64. The second kappa shape index (κ2) is 5.73. The van der Waals surface area contributed by atoms with Gasteiger partial charge in [-0.2, -0.15) is 0 Å². The molecule has 1 atom stereocenters. The van der Waals surface area contributed by atoms with E-state index in [0.29, 0.717) is 6.54 Å². The molecular weight excluding hydrogens is 251 g/mol. The Kier molecular flexibility index (Phi) is 4.27. The molecule has 1 aliphatic rings. The fraction of sp³-hybridized carbons (Fsp3) is 0.462. The number of benzene rings is 1. The second-order valence-electron chi connectivity index (χ2n) is 4.61. The predicted octanol–water partition coefficient (Wildman–Crippen LogP) is 1.42. The van der Waals surface area contributed by atoms with Crippen LogP contribution in [0.15, 0.2) is 18.2 Å². The number of hydrogen-bond donors (Lipinski definition) is 2. The van der Waals surface area contributed by atoms with Crippen LogP contribution in [0.5, 0.6) is 0 Å². The van der Waals surface area contributed by atoms with Gasteiger partial charge in [0.05, 0.1) is 6.61 Å². The zero-order chi connectivity index (χ0) is 13.1. The van der Waals surface area contributed by atoms with Crippen molar-refractivity contribution in [1.82, 2.24) is 4.90 Å². The molecule has 2 rings (SSSR count). The fourth-order valence-electron chi connectivity index (χ4n) is 2.46. The van der Waals surface area contributed by atoms with Crippen LogP contribution in [0.1, 0.15) is 24.0 Å². The van der Waals surface area contributed by atoms with Gasteiger partial charge in [0.2, 0.25) is 0 Å². The Bertz CT molecular complexity index is 453. The third kappa shape index (κ3) is 2.85. The van der Waals surface area contributed by atoms with Crippen LogP contribution in [0, 0.1) is 5.82 Å². The lowest BCUT2D eigenvalue weighted by atomic mass is 10.1. The molecule has 0 aromatic heterocycles. The summed E-state index contributed by atoms with van der Waals surface area (Å²) >= 11 is 4.98. The van der Waals surface area contributed by atoms with E-state index >= 15 is 0 Å². The molecule has 0 aliphatic carbocycles. The summed E-state index contributed by atoms with van der Waals surface area (Å²) in [7, 11) is 0. The van der Waals surface area contributed by atoms with Crippen LogP contribution in [0.25, 0.3) is 0 Å². The highest BCUT2D eigenvalue weighted by molar-refractivity contribution is 7.80. The van der Waals surface area contributed by atoms with Crippen LogP contribution < -0.4 is 5.73 Å². The molecule has 0 spiro atoms. The molecule has 3 nitrogen and oxygen atoms in total. The second-order valence-corrected chi connectivity index (χ2v) is 5.05. The van der Waals surface area contributed by atoms with Crippen molar-refractivity contribution < 1.29 is 9.50 Å². The van der Waals surface area contributed by atoms with Crippen molar-refractivity contribution >= 4 is 17.2 Å². The molecule has 0 bridgehead atoms. The predicted molar refractivity (Wildman–Crippen MR) is 72.8 cm³/mol. The van der Waals surface area contributed by atoms with Crippen molar-refractivity contribution in [3.63, 3.8) is 0 Å². The number of nitrogens with zero attached hydrogens (tertiary/aromatic N) is 1. The van der Waals surface area contributed by atoms with Crippen LogP contribution in [0.4, 0.5) is 4.39 Å². The number of thiocarbonyl (C=S) groups is 1. The molecule has 0 radical (unpaired) electrons. The normalized spacial score (nSPS) is 20.2. The summed E-state index contributed by atoms with van der Waals surface area (Å²) in [4.78, 5) is 2.43. The topological polar surface area (TPSA) is 49.5 Å². The molecule has 1 unspecified atom stereocenters. The molecule has 1 aliphatic heterocycles. The first kappa shape index (κ1) is 13.4. The van der Waals surface area contributed by atoms with Gasteiger partial charge in [0, 0.05) is 18.2 Å². The van der Waals surface area contributed by atoms with Crippen LogP contribution >= 0.6 is 12.2 Å². The highest BCUT2D eigenvalue weighted by Gasteiger charge is 2.24. The van der Waals surface area contributed by atoms with Gasteiger partial charge >= 0.3 is 0 Å². The van der Waals surface area contributed by atoms with Crippen molar-refractivity contribution in [2.24, 2.45) is 5.73 Å². The first-order valence-corrected chi connectivity index (χ1v) is 6.45. The summed E-state index contributed by atoms with van der Waals surface area (Å²) in [5, 5.41) is 9.28. The maximum absolute atomic E-state index is 13.3. The zero-order valence-corrected chi connectivity index (χ0v) is 10.9. The maximum Gasteiger partial charge on any atom is 0.123 e. The highest BCUT2D eigenvalue weighted by Crippen LogP contribution is 2.22. The van der Waals surface area contributed by atoms with E-state index < -0.39 is 0 Å². The van der Waals surface area contributed by atoms with Crippen molar-refractivity contribution in [3.8, 4) is 0 Å². The molecule has 5 heteroatoms. The average Bonchev–Trinajstić information content (AvgIpc) is 2.76. The lowest BCUT2D eigenvalue weighted by molar-refractivity contribution is 0.153. The van der Waals surface area contributed by atoms with Crippen LogP contribution in [0.3, 0.4) is 0 Å². The molecule has 1 saturated heterocycles. The van der Waals surface area contributed by atoms with E-state index in [2.05, 4.69) is 4.90 Å². The Labute approximate surface area is 111 Å². The van der Waals surface area contributed by atoms with Crippen LogP contribution in [-0.2, 0) is 6.54 Å². The van der Waals surface area contributed by atoms with E-state index in [1.807, 2.05) is 0 Å². The summed E-state index contributed by atoms with van der Waals surface area (Å²) in [6, 6.07) is 4.62. The fourth-order valence-corrected chi connectivity index (χ4v) is 2.66. The lowest BCUT2D eigenvalue weighted by Gasteiger charge is -2.23. The van der Waals surface area contributed by atoms with E-state index in [-0.39, 0.29) is 23.5 Å². The minimum absolute atomic E-state index is 0.137. The monoisotopic (exact) mass is 268 g/mol. The van der Waals surface area contributed by atoms with Crippen molar-refractivity contribution in [3.05, 3.63) is 35.1 Å². The first-order chi connectivity index (χ1) is 8.61. The van der Waals surface area contributed by atoms with E-state index in [9.17, 15) is 9.50 Å². The lowest BCUT2D eigenvalue weighted by Crippen LogP contribution is -2.32. The van der Waals surface area contributed by atoms with Crippen LogP contribution in [0.2, 0.25) is 0 Å². The SMILES string of the molecule is NC(=S)c1ccc(F)cc1CN1CCCC1CO. The van der Waals surface area contributed by atoms with Gasteiger partial charge in [0.25, 0.3) is 0 Å². The third-order valence-electron chi connectivity index (χ3n) is 3.42. The van der Waals surface area contributed by atoms with E-state index in [1.54, 1.807) is 6.07 Å². The number of aliphatic hydroxyl groups excluding tert-OH is 1. The molecular formula is C13H17FN2OS. The molecule has 1 aromatic carbocycles. The van der Waals surface area contributed by atoms with Gasteiger partial charge in [-0.25, -0.2) is 4.39 Å². The minimum atomic E-state index is -0.287. The Morgan fingerprint density at radius 3 is 3.00 bits per heavy atom. The van der Waals surface area contributed by atoms with E-state index in [0.717, 1.165) is 30.5 Å². The molecule has 3 N–H and O–H groups in total. The molecule has 18 heavy (non-hydrogen) atoms. The minimum Gasteiger partial charge on any atom is -0.395 e. The first-order valence-electron chi connectivity index (χ1n) is 6.05. The van der Waals surface area contributed by atoms with Crippen molar-refractivity contribution in [1.29, 1.82) is 0 Å². The van der Waals surface area contributed by atoms with Gasteiger partial charge in [-0.15, -0.1) is 0 Å². The van der Waals surface area contributed by atoms with Gasteiger partial charge in [-0.3, -0.25) is 4.90 Å². The number of halogens is 1. The summed E-state index contributed by atoms with van der Waals surface area (Å²) in [5.74, 6) is -0.287. The van der Waals surface area contributed by atoms with Crippen LogP contribution in [-0.4, -0.2) is 34.2 Å². The Balaban J connectivity index is 2.22. The largest absolute Gasteiger partial charge is 0.395 e. The molecule has 0 saturated carbocycles. The van der Waals surface area contributed by atoms with Gasteiger partial charge in [0.1, 0.15) is 10.8 Å². The number of rotatable bonds is 4. The summed E-state index contributed by atoms with van der Waals surface area (Å²) in [6.45, 7) is 1.63. The smallest absolute Gasteiger partial charge is 0.123 e. The average molecular weight is 268 g/mol.